The molecule has 0 saturated carbocycles. The molecule has 0 bridgehead atoms. The van der Waals surface area contributed by atoms with Crippen molar-refractivity contribution in [2.45, 2.75) is 85.7 Å². The van der Waals surface area contributed by atoms with E-state index in [1.807, 2.05) is 6.92 Å². The van der Waals surface area contributed by atoms with Crippen LogP contribution < -0.4 is 0 Å². The van der Waals surface area contributed by atoms with Crippen molar-refractivity contribution in [3.8, 4) is 0 Å². The molecule has 0 heterocycles. The van der Waals surface area contributed by atoms with Gasteiger partial charge < -0.3 is 5.11 Å². The average Bonchev–Trinajstić information content (AvgIpc) is 2.26. The molecule has 1 nitrogen and oxygen atoms in total. The van der Waals surface area contributed by atoms with E-state index in [-0.39, 0.29) is 0 Å². The molecule has 0 aliphatic heterocycles. The molecule has 1 unspecified atom stereocenters. The third kappa shape index (κ3) is 12.2. The zero-order valence-electron chi connectivity index (χ0n) is 13.9. The monoisotopic (exact) mass is 266 g/mol. The van der Waals surface area contributed by atoms with Crippen molar-refractivity contribution in [3.63, 3.8) is 0 Å². The predicted octanol–water partition coefficient (Wildman–Crippen LogP) is 5.65. The smallest absolute Gasteiger partial charge is 0.0622 e. The van der Waals surface area contributed by atoms with Gasteiger partial charge in [0.25, 0.3) is 0 Å². The van der Waals surface area contributed by atoms with Crippen LogP contribution in [0.5, 0.6) is 0 Å². The third-order valence-electron chi connectivity index (χ3n) is 3.53. The molecule has 0 spiro atoms. The Morgan fingerprint density at radius 2 is 1.68 bits per heavy atom. The summed E-state index contributed by atoms with van der Waals surface area (Å²) < 4.78 is 0. The highest BCUT2D eigenvalue weighted by molar-refractivity contribution is 5.02. The van der Waals surface area contributed by atoms with Crippen molar-refractivity contribution >= 4 is 0 Å². The van der Waals surface area contributed by atoms with Gasteiger partial charge >= 0.3 is 0 Å². The summed E-state index contributed by atoms with van der Waals surface area (Å²) >= 11 is 0. The van der Waals surface area contributed by atoms with E-state index in [2.05, 4.69) is 46.8 Å². The molecule has 0 amide bonds. The van der Waals surface area contributed by atoms with E-state index in [0.29, 0.717) is 5.92 Å². The van der Waals surface area contributed by atoms with Crippen molar-refractivity contribution in [2.75, 3.05) is 0 Å². The number of allylic oxidation sites excluding steroid dienone is 4. The molecular formula is C18H34O. The zero-order chi connectivity index (χ0) is 14.9. The lowest BCUT2D eigenvalue weighted by Crippen LogP contribution is -2.24. The minimum absolute atomic E-state index is 0.499. The first-order chi connectivity index (χ1) is 8.73. The van der Waals surface area contributed by atoms with Gasteiger partial charge in [0.05, 0.1) is 5.60 Å². The molecule has 0 saturated heterocycles. The Bertz CT molecular complexity index is 291. The minimum Gasteiger partial charge on any atom is -0.390 e. The Hall–Kier alpha value is -0.560. The second-order valence-corrected chi connectivity index (χ2v) is 6.84. The lowest BCUT2D eigenvalue weighted by atomic mass is 9.91. The van der Waals surface area contributed by atoms with E-state index >= 15 is 0 Å². The Kier molecular flexibility index (Phi) is 9.08. The van der Waals surface area contributed by atoms with E-state index in [1.165, 1.54) is 11.1 Å². The summed E-state index contributed by atoms with van der Waals surface area (Å²) in [5.41, 5.74) is 2.34. The van der Waals surface area contributed by atoms with Gasteiger partial charge in [-0.1, -0.05) is 37.1 Å². The number of hydrogen-bond donors (Lipinski definition) is 1. The summed E-state index contributed by atoms with van der Waals surface area (Å²) in [6.07, 6.45) is 10.7. The van der Waals surface area contributed by atoms with Gasteiger partial charge in [0, 0.05) is 0 Å². The van der Waals surface area contributed by atoms with Crippen molar-refractivity contribution in [3.05, 3.63) is 23.3 Å². The highest BCUT2D eigenvalue weighted by atomic mass is 16.3. The lowest BCUT2D eigenvalue weighted by molar-refractivity contribution is 0.0376. The Morgan fingerprint density at radius 1 is 1.05 bits per heavy atom. The van der Waals surface area contributed by atoms with Gasteiger partial charge in [0.1, 0.15) is 0 Å². The Morgan fingerprint density at radius 3 is 2.21 bits per heavy atom. The van der Waals surface area contributed by atoms with Crippen LogP contribution in [0.4, 0.5) is 0 Å². The second kappa shape index (κ2) is 9.36. The summed E-state index contributed by atoms with van der Waals surface area (Å²) in [6, 6.07) is 0. The largest absolute Gasteiger partial charge is 0.390 e. The maximum Gasteiger partial charge on any atom is 0.0622 e. The predicted molar refractivity (Wildman–Crippen MR) is 86.4 cm³/mol. The van der Waals surface area contributed by atoms with E-state index in [1.54, 1.807) is 0 Å². The Labute approximate surface area is 120 Å². The van der Waals surface area contributed by atoms with E-state index in [4.69, 9.17) is 0 Å². The fraction of sp³-hybridized carbons (Fsp3) is 0.778. The van der Waals surface area contributed by atoms with Gasteiger partial charge in [0.15, 0.2) is 0 Å². The van der Waals surface area contributed by atoms with Crippen LogP contribution >= 0.6 is 0 Å². The molecule has 0 aromatic carbocycles. The summed E-state index contributed by atoms with van der Waals surface area (Å²) in [5, 5.41) is 10.3. The van der Waals surface area contributed by atoms with Gasteiger partial charge in [-0.15, -0.1) is 0 Å². The van der Waals surface area contributed by atoms with Crippen LogP contribution in [-0.2, 0) is 0 Å². The molecule has 0 radical (unpaired) electrons. The van der Waals surface area contributed by atoms with Crippen LogP contribution in [0.2, 0.25) is 0 Å². The highest BCUT2D eigenvalue weighted by Crippen LogP contribution is 2.22. The van der Waals surface area contributed by atoms with Crippen molar-refractivity contribution in [2.24, 2.45) is 5.92 Å². The maximum absolute atomic E-state index is 10.3. The molecule has 19 heavy (non-hydrogen) atoms. The van der Waals surface area contributed by atoms with Gasteiger partial charge in [-0.3, -0.25) is 0 Å². The van der Waals surface area contributed by atoms with E-state index in [0.717, 1.165) is 38.5 Å². The van der Waals surface area contributed by atoms with E-state index < -0.39 is 5.60 Å². The molecular weight excluding hydrogens is 232 g/mol. The molecule has 1 heteroatoms. The minimum atomic E-state index is -0.499. The van der Waals surface area contributed by atoms with Crippen LogP contribution in [0.15, 0.2) is 23.3 Å². The summed E-state index contributed by atoms with van der Waals surface area (Å²) in [5.74, 6) is 0.674. The van der Waals surface area contributed by atoms with Crippen LogP contribution in [-0.4, -0.2) is 10.7 Å². The van der Waals surface area contributed by atoms with Crippen molar-refractivity contribution in [1.82, 2.24) is 0 Å². The van der Waals surface area contributed by atoms with Crippen LogP contribution in [0, 0.1) is 5.92 Å². The number of rotatable bonds is 9. The second-order valence-electron chi connectivity index (χ2n) is 6.84. The van der Waals surface area contributed by atoms with Crippen molar-refractivity contribution < 1.29 is 5.11 Å². The number of hydrogen-bond acceptors (Lipinski definition) is 1. The fourth-order valence-electron chi connectivity index (χ4n) is 2.04. The third-order valence-corrected chi connectivity index (χ3v) is 3.53. The Balaban J connectivity index is 3.94. The van der Waals surface area contributed by atoms with Gasteiger partial charge in [-0.25, -0.2) is 0 Å². The van der Waals surface area contributed by atoms with E-state index in [9.17, 15) is 5.11 Å². The molecule has 1 N–H and O–H groups in total. The average molecular weight is 266 g/mol. The summed E-state index contributed by atoms with van der Waals surface area (Å²) in [6.45, 7) is 12.9. The molecule has 0 aromatic rings. The number of aliphatic hydroxyl groups is 1. The van der Waals surface area contributed by atoms with Crippen LogP contribution in [0.25, 0.3) is 0 Å². The zero-order valence-corrected chi connectivity index (χ0v) is 13.9. The summed E-state index contributed by atoms with van der Waals surface area (Å²) in [7, 11) is 0. The normalized spacial score (nSPS) is 15.5. The highest BCUT2D eigenvalue weighted by Gasteiger charge is 2.19. The van der Waals surface area contributed by atoms with Gasteiger partial charge in [-0.2, -0.15) is 0 Å². The molecule has 0 fully saturated rings. The molecule has 0 aromatic heterocycles. The summed E-state index contributed by atoms with van der Waals surface area (Å²) in [4.78, 5) is 0. The molecule has 0 aliphatic carbocycles. The fourth-order valence-corrected chi connectivity index (χ4v) is 2.04. The SMILES string of the molecule is CC(C)=CCC/C(C)=C/CCC(C)(O)CCC(C)C. The first-order valence-corrected chi connectivity index (χ1v) is 7.74. The standard InChI is InChI=1S/C18H34O/c1-15(2)9-7-10-17(5)11-8-13-18(6,19)14-12-16(3)4/h9,11,16,19H,7-8,10,12-14H2,1-6H3/b17-11+. The van der Waals surface area contributed by atoms with Gasteiger partial charge in [0.2, 0.25) is 0 Å². The van der Waals surface area contributed by atoms with Crippen molar-refractivity contribution in [1.29, 1.82) is 0 Å². The topological polar surface area (TPSA) is 20.2 Å². The first-order valence-electron chi connectivity index (χ1n) is 7.74. The maximum atomic E-state index is 10.3. The molecule has 0 rings (SSSR count). The van der Waals surface area contributed by atoms with Crippen LogP contribution in [0.1, 0.15) is 80.1 Å². The first kappa shape index (κ1) is 18.4. The van der Waals surface area contributed by atoms with Crippen LogP contribution in [0.3, 0.4) is 0 Å². The molecule has 112 valence electrons. The van der Waals surface area contributed by atoms with Gasteiger partial charge in [-0.05, 0) is 72.1 Å². The molecule has 1 atom stereocenters. The quantitative estimate of drug-likeness (QED) is 0.535. The lowest BCUT2D eigenvalue weighted by Gasteiger charge is -2.23. The molecule has 0 aliphatic rings.